The first-order valence-electron chi connectivity index (χ1n) is 10.2. The monoisotopic (exact) mass is 380 g/mol. The second-order valence-corrected chi connectivity index (χ2v) is 7.67. The van der Waals surface area contributed by atoms with Crippen molar-refractivity contribution in [1.82, 2.24) is 15.5 Å². The molecule has 28 heavy (non-hydrogen) atoms. The van der Waals surface area contributed by atoms with Gasteiger partial charge in [0.05, 0.1) is 0 Å². The van der Waals surface area contributed by atoms with Crippen LogP contribution in [0.4, 0.5) is 10.5 Å². The topological polar surface area (TPSA) is 47.6 Å². The molecule has 5 heteroatoms. The molecule has 3 rings (SSSR count). The fourth-order valence-electron chi connectivity index (χ4n) is 3.60. The van der Waals surface area contributed by atoms with E-state index in [9.17, 15) is 4.79 Å². The second-order valence-electron chi connectivity index (χ2n) is 7.67. The Kier molecular flexibility index (Phi) is 7.31. The molecule has 0 aliphatic carbocycles. The van der Waals surface area contributed by atoms with Crippen molar-refractivity contribution in [3.8, 4) is 0 Å². The first kappa shape index (κ1) is 20.2. The van der Waals surface area contributed by atoms with Gasteiger partial charge in [-0.3, -0.25) is 4.90 Å². The molecule has 1 atom stereocenters. The van der Waals surface area contributed by atoms with Crippen LogP contribution in [0.5, 0.6) is 0 Å². The molecule has 1 heterocycles. The summed E-state index contributed by atoms with van der Waals surface area (Å²) in [5, 5.41) is 6.00. The highest BCUT2D eigenvalue weighted by Crippen LogP contribution is 2.15. The average molecular weight is 381 g/mol. The zero-order valence-electron chi connectivity index (χ0n) is 17.0. The van der Waals surface area contributed by atoms with E-state index in [1.165, 1.54) is 11.3 Å². The number of para-hydroxylation sites is 1. The van der Waals surface area contributed by atoms with Gasteiger partial charge in [-0.2, -0.15) is 0 Å². The lowest BCUT2D eigenvalue weighted by Gasteiger charge is -2.36. The van der Waals surface area contributed by atoms with Crippen molar-refractivity contribution in [2.24, 2.45) is 0 Å². The Morgan fingerprint density at radius 3 is 2.50 bits per heavy atom. The standard InChI is InChI=1S/C23H32N4O/c1-19-7-6-8-21(17-19)18-24-23(28)25-20(2)11-12-26-13-15-27(16-14-26)22-9-4-3-5-10-22/h3-10,17,20H,11-16,18H2,1-2H3,(H2,24,25,28)/t20-/m0/s1. The van der Waals surface area contributed by atoms with Crippen molar-refractivity contribution in [2.75, 3.05) is 37.6 Å². The van der Waals surface area contributed by atoms with E-state index in [0.717, 1.165) is 44.7 Å². The van der Waals surface area contributed by atoms with Crippen LogP contribution in [-0.4, -0.2) is 49.7 Å². The van der Waals surface area contributed by atoms with Gasteiger partial charge in [-0.1, -0.05) is 48.0 Å². The van der Waals surface area contributed by atoms with E-state index >= 15 is 0 Å². The lowest BCUT2D eigenvalue weighted by molar-refractivity contribution is 0.227. The molecule has 5 nitrogen and oxygen atoms in total. The average Bonchev–Trinajstić information content (AvgIpc) is 2.72. The quantitative estimate of drug-likeness (QED) is 0.774. The number of aryl methyl sites for hydroxylation is 1. The number of carbonyl (C=O) groups is 1. The summed E-state index contributed by atoms with van der Waals surface area (Å²) in [5.74, 6) is 0. The molecule has 0 spiro atoms. The molecule has 150 valence electrons. The molecule has 2 N–H and O–H groups in total. The maximum Gasteiger partial charge on any atom is 0.315 e. The lowest BCUT2D eigenvalue weighted by atomic mass is 10.1. The SMILES string of the molecule is Cc1cccc(CNC(=O)N[C@@H](C)CCN2CCN(c3ccccc3)CC2)c1. The molecule has 0 unspecified atom stereocenters. The van der Waals surface area contributed by atoms with Gasteiger partial charge in [0.15, 0.2) is 0 Å². The largest absolute Gasteiger partial charge is 0.369 e. The minimum absolute atomic E-state index is 0.0945. The molecule has 0 radical (unpaired) electrons. The van der Waals surface area contributed by atoms with Gasteiger partial charge in [0, 0.05) is 51.0 Å². The first-order chi connectivity index (χ1) is 13.6. The van der Waals surface area contributed by atoms with Crippen LogP contribution in [0.25, 0.3) is 0 Å². The van der Waals surface area contributed by atoms with Crippen LogP contribution in [0.1, 0.15) is 24.5 Å². The van der Waals surface area contributed by atoms with Crippen molar-refractivity contribution in [2.45, 2.75) is 32.9 Å². The van der Waals surface area contributed by atoms with E-state index in [1.807, 2.05) is 12.1 Å². The van der Waals surface area contributed by atoms with Crippen molar-refractivity contribution < 1.29 is 4.79 Å². The minimum atomic E-state index is -0.0945. The zero-order valence-corrected chi connectivity index (χ0v) is 17.0. The van der Waals surface area contributed by atoms with E-state index in [-0.39, 0.29) is 12.1 Å². The Labute approximate surface area is 168 Å². The fourth-order valence-corrected chi connectivity index (χ4v) is 3.60. The molecule has 1 saturated heterocycles. The predicted molar refractivity (Wildman–Crippen MR) is 116 cm³/mol. The molecule has 2 aromatic carbocycles. The molecule has 1 aliphatic heterocycles. The van der Waals surface area contributed by atoms with E-state index in [2.05, 4.69) is 76.7 Å². The normalized spacial score (nSPS) is 15.9. The van der Waals surface area contributed by atoms with Crippen LogP contribution in [-0.2, 0) is 6.54 Å². The number of nitrogens with one attached hydrogen (secondary N) is 2. The van der Waals surface area contributed by atoms with Crippen LogP contribution in [0.3, 0.4) is 0 Å². The van der Waals surface area contributed by atoms with Gasteiger partial charge >= 0.3 is 6.03 Å². The first-order valence-corrected chi connectivity index (χ1v) is 10.2. The summed E-state index contributed by atoms with van der Waals surface area (Å²) in [7, 11) is 0. The lowest BCUT2D eigenvalue weighted by Crippen LogP contribution is -2.48. The predicted octanol–water partition coefficient (Wildman–Crippen LogP) is 3.40. The van der Waals surface area contributed by atoms with Crippen LogP contribution in [0.15, 0.2) is 54.6 Å². The smallest absolute Gasteiger partial charge is 0.315 e. The number of anilines is 1. The number of piperazine rings is 1. The Bertz CT molecular complexity index is 741. The van der Waals surface area contributed by atoms with Gasteiger partial charge < -0.3 is 15.5 Å². The number of nitrogens with zero attached hydrogens (tertiary/aromatic N) is 2. The molecule has 0 saturated carbocycles. The Morgan fingerprint density at radius 1 is 1.04 bits per heavy atom. The number of hydrogen-bond acceptors (Lipinski definition) is 3. The van der Waals surface area contributed by atoms with E-state index in [1.54, 1.807) is 0 Å². The fraction of sp³-hybridized carbons (Fsp3) is 0.435. The molecule has 1 aliphatic rings. The van der Waals surface area contributed by atoms with Gasteiger partial charge in [0.2, 0.25) is 0 Å². The van der Waals surface area contributed by atoms with Gasteiger partial charge in [-0.15, -0.1) is 0 Å². The Balaban J connectivity index is 1.32. The highest BCUT2D eigenvalue weighted by molar-refractivity contribution is 5.74. The van der Waals surface area contributed by atoms with Crippen molar-refractivity contribution in [3.05, 3.63) is 65.7 Å². The molecule has 0 aromatic heterocycles. The van der Waals surface area contributed by atoms with Gasteiger partial charge in [0.25, 0.3) is 0 Å². The van der Waals surface area contributed by atoms with E-state index in [4.69, 9.17) is 0 Å². The number of carbonyl (C=O) groups excluding carboxylic acids is 1. The van der Waals surface area contributed by atoms with E-state index in [0.29, 0.717) is 6.54 Å². The third-order valence-electron chi connectivity index (χ3n) is 5.29. The van der Waals surface area contributed by atoms with E-state index < -0.39 is 0 Å². The molecule has 0 bridgehead atoms. The number of amides is 2. The van der Waals surface area contributed by atoms with Crippen molar-refractivity contribution in [1.29, 1.82) is 0 Å². The highest BCUT2D eigenvalue weighted by atomic mass is 16.2. The minimum Gasteiger partial charge on any atom is -0.369 e. The Morgan fingerprint density at radius 2 is 1.79 bits per heavy atom. The summed E-state index contributed by atoms with van der Waals surface area (Å²) in [6.07, 6.45) is 0.962. The van der Waals surface area contributed by atoms with Crippen LogP contribution in [0, 0.1) is 6.92 Å². The van der Waals surface area contributed by atoms with Gasteiger partial charge in [-0.05, 0) is 38.0 Å². The summed E-state index contributed by atoms with van der Waals surface area (Å²) in [5.41, 5.74) is 3.64. The summed E-state index contributed by atoms with van der Waals surface area (Å²) in [6, 6.07) is 18.9. The molecular formula is C23H32N4O. The van der Waals surface area contributed by atoms with Gasteiger partial charge in [-0.25, -0.2) is 4.79 Å². The number of hydrogen-bond donors (Lipinski definition) is 2. The van der Waals surface area contributed by atoms with Crippen molar-refractivity contribution in [3.63, 3.8) is 0 Å². The zero-order chi connectivity index (χ0) is 19.8. The van der Waals surface area contributed by atoms with Crippen LogP contribution in [0.2, 0.25) is 0 Å². The van der Waals surface area contributed by atoms with Crippen molar-refractivity contribution >= 4 is 11.7 Å². The maximum absolute atomic E-state index is 12.1. The third-order valence-corrected chi connectivity index (χ3v) is 5.29. The second kappa shape index (κ2) is 10.1. The number of benzene rings is 2. The molecule has 2 amide bonds. The highest BCUT2D eigenvalue weighted by Gasteiger charge is 2.17. The Hall–Kier alpha value is -2.53. The summed E-state index contributed by atoms with van der Waals surface area (Å²) >= 11 is 0. The summed E-state index contributed by atoms with van der Waals surface area (Å²) < 4.78 is 0. The van der Waals surface area contributed by atoms with Crippen LogP contribution >= 0.6 is 0 Å². The summed E-state index contributed by atoms with van der Waals surface area (Å²) in [6.45, 7) is 9.97. The van der Waals surface area contributed by atoms with Gasteiger partial charge in [0.1, 0.15) is 0 Å². The third kappa shape index (κ3) is 6.27. The number of urea groups is 1. The maximum atomic E-state index is 12.1. The summed E-state index contributed by atoms with van der Waals surface area (Å²) in [4.78, 5) is 17.0. The molecular weight excluding hydrogens is 348 g/mol. The molecule has 1 fully saturated rings. The van der Waals surface area contributed by atoms with Crippen LogP contribution < -0.4 is 15.5 Å². The molecule has 2 aromatic rings. The number of rotatable bonds is 7.